The van der Waals surface area contributed by atoms with Crippen molar-refractivity contribution in [2.45, 2.75) is 38.9 Å². The maximum absolute atomic E-state index is 8.98. The van der Waals surface area contributed by atoms with E-state index in [-0.39, 0.29) is 18.7 Å². The quantitative estimate of drug-likeness (QED) is 0.711. The molecule has 0 bridgehead atoms. The van der Waals surface area contributed by atoms with Crippen LogP contribution in [0.5, 0.6) is 0 Å². The van der Waals surface area contributed by atoms with Gasteiger partial charge in [0.2, 0.25) is 0 Å². The maximum Gasteiger partial charge on any atom is 0.0616 e. The monoisotopic (exact) mass is 241 g/mol. The number of ether oxygens (including phenoxy) is 1. The average Bonchev–Trinajstić information content (AvgIpc) is 2.78. The second-order valence-electron chi connectivity index (χ2n) is 4.18. The topological polar surface area (TPSA) is 59.3 Å². The van der Waals surface area contributed by atoms with Gasteiger partial charge in [0.1, 0.15) is 0 Å². The zero-order chi connectivity index (χ0) is 12.7. The smallest absolute Gasteiger partial charge is 0.0616 e. The molecule has 0 saturated carbocycles. The molecular formula is C12H23N3O2. The lowest BCUT2D eigenvalue weighted by molar-refractivity contribution is 0.143. The van der Waals surface area contributed by atoms with Crippen LogP contribution in [-0.2, 0) is 11.3 Å². The van der Waals surface area contributed by atoms with Gasteiger partial charge in [0.25, 0.3) is 0 Å². The maximum atomic E-state index is 8.98. The van der Waals surface area contributed by atoms with Gasteiger partial charge >= 0.3 is 0 Å². The van der Waals surface area contributed by atoms with Crippen molar-refractivity contribution in [3.8, 4) is 0 Å². The number of methoxy groups -OCH3 is 1. The van der Waals surface area contributed by atoms with Crippen molar-refractivity contribution in [3.63, 3.8) is 0 Å². The molecule has 5 heteroatoms. The fourth-order valence-electron chi connectivity index (χ4n) is 1.80. The highest BCUT2D eigenvalue weighted by Crippen LogP contribution is 2.12. The van der Waals surface area contributed by atoms with Gasteiger partial charge < -0.3 is 15.2 Å². The van der Waals surface area contributed by atoms with Gasteiger partial charge in [0.05, 0.1) is 12.8 Å². The third-order valence-electron chi connectivity index (χ3n) is 2.81. The Morgan fingerprint density at radius 3 is 2.88 bits per heavy atom. The van der Waals surface area contributed by atoms with E-state index in [1.165, 1.54) is 0 Å². The molecule has 0 fully saturated rings. The van der Waals surface area contributed by atoms with Crippen molar-refractivity contribution in [1.82, 2.24) is 15.1 Å². The van der Waals surface area contributed by atoms with E-state index in [9.17, 15) is 0 Å². The standard InChI is InChI=1S/C12H23N3O2/c1-4-15-8-11(7-13-15)10(2)14-12(5-6-16)9-17-3/h7-8,10,12,14,16H,4-6,9H2,1-3H3. The number of aliphatic hydroxyl groups is 1. The molecule has 1 aromatic rings. The number of nitrogens with one attached hydrogen (secondary N) is 1. The highest BCUT2D eigenvalue weighted by Gasteiger charge is 2.14. The molecule has 0 spiro atoms. The Hall–Kier alpha value is -0.910. The minimum atomic E-state index is 0.169. The van der Waals surface area contributed by atoms with Gasteiger partial charge in [-0.15, -0.1) is 0 Å². The van der Waals surface area contributed by atoms with E-state index in [1.807, 2.05) is 17.1 Å². The van der Waals surface area contributed by atoms with Gasteiger partial charge in [0, 0.05) is 44.1 Å². The first-order valence-corrected chi connectivity index (χ1v) is 6.09. The zero-order valence-corrected chi connectivity index (χ0v) is 10.9. The normalized spacial score (nSPS) is 14.8. The molecule has 1 aromatic heterocycles. The molecule has 1 heterocycles. The summed E-state index contributed by atoms with van der Waals surface area (Å²) in [6.07, 6.45) is 4.62. The number of hydrogen-bond acceptors (Lipinski definition) is 4. The van der Waals surface area contributed by atoms with Crippen LogP contribution in [0.15, 0.2) is 12.4 Å². The van der Waals surface area contributed by atoms with Gasteiger partial charge in [-0.1, -0.05) is 0 Å². The molecule has 2 N–H and O–H groups in total. The average molecular weight is 241 g/mol. The fraction of sp³-hybridized carbons (Fsp3) is 0.750. The predicted molar refractivity (Wildman–Crippen MR) is 66.8 cm³/mol. The fourth-order valence-corrected chi connectivity index (χ4v) is 1.80. The van der Waals surface area contributed by atoms with Crippen molar-refractivity contribution in [2.75, 3.05) is 20.3 Å². The highest BCUT2D eigenvalue weighted by atomic mass is 16.5. The number of aromatic nitrogens is 2. The second-order valence-corrected chi connectivity index (χ2v) is 4.18. The number of rotatable bonds is 8. The summed E-state index contributed by atoms with van der Waals surface area (Å²) in [6, 6.07) is 0.381. The Kier molecular flexibility index (Phi) is 6.18. The lowest BCUT2D eigenvalue weighted by Crippen LogP contribution is -2.35. The van der Waals surface area contributed by atoms with Gasteiger partial charge in [-0.2, -0.15) is 5.10 Å². The van der Waals surface area contributed by atoms with E-state index in [0.717, 1.165) is 12.1 Å². The third kappa shape index (κ3) is 4.46. The van der Waals surface area contributed by atoms with Crippen LogP contribution in [0.25, 0.3) is 0 Å². The van der Waals surface area contributed by atoms with Crippen LogP contribution in [0.4, 0.5) is 0 Å². The molecule has 98 valence electrons. The molecule has 0 aromatic carbocycles. The minimum Gasteiger partial charge on any atom is -0.396 e. The number of hydrogen-bond donors (Lipinski definition) is 2. The van der Waals surface area contributed by atoms with Crippen LogP contribution in [0, 0.1) is 0 Å². The lowest BCUT2D eigenvalue weighted by atomic mass is 10.1. The van der Waals surface area contributed by atoms with Gasteiger partial charge in [-0.25, -0.2) is 0 Å². The van der Waals surface area contributed by atoms with Crippen LogP contribution in [0.1, 0.15) is 31.9 Å². The van der Waals surface area contributed by atoms with Crippen LogP contribution >= 0.6 is 0 Å². The molecule has 0 radical (unpaired) electrons. The lowest BCUT2D eigenvalue weighted by Gasteiger charge is -2.21. The van der Waals surface area contributed by atoms with E-state index in [4.69, 9.17) is 9.84 Å². The largest absolute Gasteiger partial charge is 0.396 e. The van der Waals surface area contributed by atoms with E-state index in [1.54, 1.807) is 7.11 Å². The van der Waals surface area contributed by atoms with Gasteiger partial charge in [-0.05, 0) is 20.3 Å². The van der Waals surface area contributed by atoms with Crippen molar-refractivity contribution < 1.29 is 9.84 Å². The molecule has 0 amide bonds. The minimum absolute atomic E-state index is 0.169. The zero-order valence-electron chi connectivity index (χ0n) is 10.9. The van der Waals surface area contributed by atoms with Crippen molar-refractivity contribution >= 4 is 0 Å². The van der Waals surface area contributed by atoms with Crippen LogP contribution in [0.2, 0.25) is 0 Å². The highest BCUT2D eigenvalue weighted by molar-refractivity contribution is 5.09. The van der Waals surface area contributed by atoms with E-state index in [2.05, 4.69) is 24.3 Å². The summed E-state index contributed by atoms with van der Waals surface area (Å²) >= 11 is 0. The number of nitrogens with zero attached hydrogens (tertiary/aromatic N) is 2. The summed E-state index contributed by atoms with van der Waals surface area (Å²) in [5.41, 5.74) is 1.16. The van der Waals surface area contributed by atoms with Crippen molar-refractivity contribution in [2.24, 2.45) is 0 Å². The summed E-state index contributed by atoms with van der Waals surface area (Å²) in [5, 5.41) is 16.7. The molecule has 0 saturated heterocycles. The summed E-state index contributed by atoms with van der Waals surface area (Å²) < 4.78 is 7.03. The second kappa shape index (κ2) is 7.42. The predicted octanol–water partition coefficient (Wildman–Crippen LogP) is 0.951. The Morgan fingerprint density at radius 1 is 1.59 bits per heavy atom. The molecule has 17 heavy (non-hydrogen) atoms. The summed E-state index contributed by atoms with van der Waals surface area (Å²) in [4.78, 5) is 0. The first-order valence-electron chi connectivity index (χ1n) is 6.09. The molecule has 5 nitrogen and oxygen atoms in total. The first-order chi connectivity index (χ1) is 8.21. The Bertz CT molecular complexity index is 308. The van der Waals surface area contributed by atoms with Crippen LogP contribution < -0.4 is 5.32 Å². The van der Waals surface area contributed by atoms with Crippen LogP contribution in [0.3, 0.4) is 0 Å². The summed E-state index contributed by atoms with van der Waals surface area (Å²) in [5.74, 6) is 0. The van der Waals surface area contributed by atoms with Gasteiger partial charge in [-0.3, -0.25) is 4.68 Å². The number of aliphatic hydroxyl groups excluding tert-OH is 1. The van der Waals surface area contributed by atoms with Crippen molar-refractivity contribution in [1.29, 1.82) is 0 Å². The van der Waals surface area contributed by atoms with E-state index >= 15 is 0 Å². The molecule has 0 aliphatic heterocycles. The SMILES string of the molecule is CCn1cc(C(C)NC(CCO)COC)cn1. The first kappa shape index (κ1) is 14.2. The van der Waals surface area contributed by atoms with E-state index in [0.29, 0.717) is 13.0 Å². The Morgan fingerprint density at radius 2 is 2.35 bits per heavy atom. The molecular weight excluding hydrogens is 218 g/mol. The molecule has 2 atom stereocenters. The molecule has 0 aliphatic rings. The van der Waals surface area contributed by atoms with Gasteiger partial charge in [0.15, 0.2) is 0 Å². The van der Waals surface area contributed by atoms with E-state index < -0.39 is 0 Å². The van der Waals surface area contributed by atoms with Crippen LogP contribution in [-0.4, -0.2) is 41.3 Å². The van der Waals surface area contributed by atoms with Crippen molar-refractivity contribution in [3.05, 3.63) is 18.0 Å². The molecule has 0 aliphatic carbocycles. The Labute approximate surface area is 103 Å². The molecule has 1 rings (SSSR count). The summed E-state index contributed by atoms with van der Waals surface area (Å²) in [6.45, 7) is 5.81. The molecule has 2 unspecified atom stereocenters. The summed E-state index contributed by atoms with van der Waals surface area (Å²) in [7, 11) is 1.67. The Balaban J connectivity index is 2.53. The number of aryl methyl sites for hydroxylation is 1. The third-order valence-corrected chi connectivity index (χ3v) is 2.81.